The Morgan fingerprint density at radius 3 is 2.85 bits per heavy atom. The summed E-state index contributed by atoms with van der Waals surface area (Å²) in [7, 11) is 0. The molecule has 1 saturated carbocycles. The molecule has 5 heteroatoms. The molecule has 0 bridgehead atoms. The predicted molar refractivity (Wildman–Crippen MR) is 79.1 cm³/mol. The molecular weight excluding hydrogens is 252 g/mol. The Kier molecular flexibility index (Phi) is 5.17. The molecule has 1 aromatic heterocycles. The SMILES string of the molecule is CCN(C(=O)C(C)n1cccn1)C1CCCCC1CN. The van der Waals surface area contributed by atoms with E-state index in [1.165, 1.54) is 12.8 Å². The molecule has 0 aliphatic heterocycles. The lowest BCUT2D eigenvalue weighted by atomic mass is 9.83. The second kappa shape index (κ2) is 6.88. The van der Waals surface area contributed by atoms with Gasteiger partial charge in [0.25, 0.3) is 0 Å². The van der Waals surface area contributed by atoms with Gasteiger partial charge in [-0.2, -0.15) is 5.10 Å². The molecule has 3 atom stereocenters. The third-order valence-electron chi connectivity index (χ3n) is 4.47. The lowest BCUT2D eigenvalue weighted by molar-refractivity contribution is -0.138. The smallest absolute Gasteiger partial charge is 0.247 e. The van der Waals surface area contributed by atoms with Crippen LogP contribution in [0.3, 0.4) is 0 Å². The Morgan fingerprint density at radius 2 is 2.25 bits per heavy atom. The van der Waals surface area contributed by atoms with Gasteiger partial charge in [-0.25, -0.2) is 0 Å². The van der Waals surface area contributed by atoms with E-state index in [9.17, 15) is 4.79 Å². The fourth-order valence-electron chi connectivity index (χ4n) is 3.29. The van der Waals surface area contributed by atoms with Crippen LogP contribution in [0.2, 0.25) is 0 Å². The molecule has 1 heterocycles. The second-order valence-corrected chi connectivity index (χ2v) is 5.63. The number of carbonyl (C=O) groups is 1. The van der Waals surface area contributed by atoms with E-state index in [-0.39, 0.29) is 11.9 Å². The topological polar surface area (TPSA) is 64.2 Å². The molecule has 1 amide bonds. The highest BCUT2D eigenvalue weighted by atomic mass is 16.2. The Morgan fingerprint density at radius 1 is 1.50 bits per heavy atom. The van der Waals surface area contributed by atoms with Crippen LogP contribution in [0.15, 0.2) is 18.5 Å². The molecule has 1 aliphatic rings. The summed E-state index contributed by atoms with van der Waals surface area (Å²) < 4.78 is 1.73. The van der Waals surface area contributed by atoms with Crippen molar-refractivity contribution in [1.29, 1.82) is 0 Å². The van der Waals surface area contributed by atoms with Crippen LogP contribution in [-0.4, -0.2) is 39.7 Å². The Labute approximate surface area is 121 Å². The van der Waals surface area contributed by atoms with Crippen molar-refractivity contribution < 1.29 is 4.79 Å². The molecule has 2 rings (SSSR count). The van der Waals surface area contributed by atoms with Gasteiger partial charge in [-0.05, 0) is 45.2 Å². The normalized spacial score (nSPS) is 24.4. The molecule has 0 aromatic carbocycles. The van der Waals surface area contributed by atoms with Crippen molar-refractivity contribution in [2.45, 2.75) is 51.6 Å². The Balaban J connectivity index is 2.12. The van der Waals surface area contributed by atoms with Crippen molar-refractivity contribution in [1.82, 2.24) is 14.7 Å². The molecule has 5 nitrogen and oxygen atoms in total. The van der Waals surface area contributed by atoms with Crippen LogP contribution < -0.4 is 5.73 Å². The first-order chi connectivity index (χ1) is 9.69. The van der Waals surface area contributed by atoms with Gasteiger partial charge < -0.3 is 10.6 Å². The zero-order chi connectivity index (χ0) is 14.5. The van der Waals surface area contributed by atoms with Crippen molar-refractivity contribution in [3.05, 3.63) is 18.5 Å². The van der Waals surface area contributed by atoms with Gasteiger partial charge in [0.05, 0.1) is 0 Å². The van der Waals surface area contributed by atoms with Crippen molar-refractivity contribution in [2.24, 2.45) is 11.7 Å². The van der Waals surface area contributed by atoms with Crippen LogP contribution in [0.4, 0.5) is 0 Å². The zero-order valence-electron chi connectivity index (χ0n) is 12.5. The summed E-state index contributed by atoms with van der Waals surface area (Å²) in [5.74, 6) is 0.596. The molecule has 3 unspecified atom stereocenters. The summed E-state index contributed by atoms with van der Waals surface area (Å²) in [6, 6.07) is 1.90. The van der Waals surface area contributed by atoms with E-state index in [0.717, 1.165) is 19.4 Å². The molecule has 1 aliphatic carbocycles. The summed E-state index contributed by atoms with van der Waals surface area (Å²) in [5.41, 5.74) is 5.90. The number of nitrogens with zero attached hydrogens (tertiary/aromatic N) is 3. The number of aromatic nitrogens is 2. The van der Waals surface area contributed by atoms with Crippen LogP contribution in [0.5, 0.6) is 0 Å². The maximum atomic E-state index is 12.8. The minimum absolute atomic E-state index is 0.154. The number of hydrogen-bond acceptors (Lipinski definition) is 3. The summed E-state index contributed by atoms with van der Waals surface area (Å²) in [6.07, 6.45) is 8.20. The standard InChI is InChI=1S/C15H26N4O/c1-3-18(14-8-5-4-7-13(14)11-16)15(20)12(2)19-10-6-9-17-19/h6,9-10,12-14H,3-5,7-8,11,16H2,1-2H3. The fraction of sp³-hybridized carbons (Fsp3) is 0.733. The third-order valence-corrected chi connectivity index (χ3v) is 4.47. The van der Waals surface area contributed by atoms with E-state index in [0.29, 0.717) is 18.5 Å². The minimum Gasteiger partial charge on any atom is -0.338 e. The van der Waals surface area contributed by atoms with Crippen molar-refractivity contribution >= 4 is 5.91 Å². The summed E-state index contributed by atoms with van der Waals surface area (Å²) in [4.78, 5) is 14.8. The maximum absolute atomic E-state index is 12.8. The monoisotopic (exact) mass is 278 g/mol. The Hall–Kier alpha value is -1.36. The molecule has 1 fully saturated rings. The predicted octanol–water partition coefficient (Wildman–Crippen LogP) is 1.81. The zero-order valence-corrected chi connectivity index (χ0v) is 12.5. The second-order valence-electron chi connectivity index (χ2n) is 5.63. The van der Waals surface area contributed by atoms with E-state index in [2.05, 4.69) is 12.0 Å². The van der Waals surface area contributed by atoms with E-state index in [1.807, 2.05) is 24.1 Å². The van der Waals surface area contributed by atoms with Crippen molar-refractivity contribution in [2.75, 3.05) is 13.1 Å². The molecule has 0 saturated heterocycles. The van der Waals surface area contributed by atoms with Crippen LogP contribution in [0, 0.1) is 5.92 Å². The quantitative estimate of drug-likeness (QED) is 0.893. The van der Waals surface area contributed by atoms with Crippen LogP contribution in [0.25, 0.3) is 0 Å². The van der Waals surface area contributed by atoms with E-state index in [1.54, 1.807) is 10.9 Å². The highest BCUT2D eigenvalue weighted by molar-refractivity contribution is 5.80. The molecule has 20 heavy (non-hydrogen) atoms. The lowest BCUT2D eigenvalue weighted by Gasteiger charge is -2.40. The van der Waals surface area contributed by atoms with E-state index < -0.39 is 0 Å². The highest BCUT2D eigenvalue weighted by Gasteiger charge is 2.33. The molecule has 2 N–H and O–H groups in total. The first kappa shape index (κ1) is 15.0. The van der Waals surface area contributed by atoms with Gasteiger partial charge in [-0.1, -0.05) is 12.8 Å². The van der Waals surface area contributed by atoms with Crippen molar-refractivity contribution in [3.63, 3.8) is 0 Å². The first-order valence-corrected chi connectivity index (χ1v) is 7.68. The van der Waals surface area contributed by atoms with E-state index in [4.69, 9.17) is 5.73 Å². The molecule has 0 spiro atoms. The average molecular weight is 278 g/mol. The van der Waals surface area contributed by atoms with Gasteiger partial charge in [0.2, 0.25) is 5.91 Å². The number of hydrogen-bond donors (Lipinski definition) is 1. The van der Waals surface area contributed by atoms with Crippen LogP contribution in [-0.2, 0) is 4.79 Å². The third kappa shape index (κ3) is 3.03. The van der Waals surface area contributed by atoms with Crippen molar-refractivity contribution in [3.8, 4) is 0 Å². The van der Waals surface area contributed by atoms with Gasteiger partial charge >= 0.3 is 0 Å². The Bertz CT molecular complexity index is 418. The summed E-state index contributed by atoms with van der Waals surface area (Å²) in [5, 5.41) is 4.18. The molecular formula is C15H26N4O. The minimum atomic E-state index is -0.245. The first-order valence-electron chi connectivity index (χ1n) is 7.68. The van der Waals surface area contributed by atoms with Gasteiger partial charge in [-0.3, -0.25) is 9.48 Å². The highest BCUT2D eigenvalue weighted by Crippen LogP contribution is 2.29. The molecule has 0 radical (unpaired) electrons. The molecule has 112 valence electrons. The number of nitrogens with two attached hydrogens (primary N) is 1. The number of likely N-dealkylation sites (N-methyl/N-ethyl adjacent to an activating group) is 1. The van der Waals surface area contributed by atoms with Gasteiger partial charge in [0, 0.05) is 25.0 Å². The van der Waals surface area contributed by atoms with Gasteiger partial charge in [-0.15, -0.1) is 0 Å². The summed E-state index contributed by atoms with van der Waals surface area (Å²) in [6.45, 7) is 5.38. The lowest BCUT2D eigenvalue weighted by Crippen LogP contribution is -2.49. The number of amides is 1. The van der Waals surface area contributed by atoms with Gasteiger partial charge in [0.1, 0.15) is 6.04 Å². The average Bonchev–Trinajstić information content (AvgIpc) is 3.01. The number of rotatable bonds is 5. The maximum Gasteiger partial charge on any atom is 0.247 e. The van der Waals surface area contributed by atoms with E-state index >= 15 is 0 Å². The van der Waals surface area contributed by atoms with Crippen LogP contribution >= 0.6 is 0 Å². The van der Waals surface area contributed by atoms with Gasteiger partial charge in [0.15, 0.2) is 0 Å². The largest absolute Gasteiger partial charge is 0.338 e. The molecule has 1 aromatic rings. The van der Waals surface area contributed by atoms with Crippen LogP contribution in [0.1, 0.15) is 45.6 Å². The fourth-order valence-corrected chi connectivity index (χ4v) is 3.29. The summed E-state index contributed by atoms with van der Waals surface area (Å²) >= 11 is 0. The number of carbonyl (C=O) groups excluding carboxylic acids is 1.